The fourth-order valence-corrected chi connectivity index (χ4v) is 2.36. The second-order valence-electron chi connectivity index (χ2n) is 4.77. The molecule has 0 radical (unpaired) electrons. The van der Waals surface area contributed by atoms with Gasteiger partial charge in [-0.15, -0.1) is 0 Å². The molecule has 0 atom stereocenters. The zero-order valence-corrected chi connectivity index (χ0v) is 9.72. The number of halogens is 2. The van der Waals surface area contributed by atoms with Gasteiger partial charge >= 0.3 is 0 Å². The van der Waals surface area contributed by atoms with Crippen molar-refractivity contribution in [1.82, 2.24) is 0 Å². The summed E-state index contributed by atoms with van der Waals surface area (Å²) < 4.78 is 31.5. The molecule has 1 aromatic carbocycles. The van der Waals surface area contributed by atoms with Gasteiger partial charge in [0.1, 0.15) is 5.82 Å². The minimum Gasteiger partial charge on any atom is -0.490 e. The number of nitrogens with two attached hydrogens (primary N) is 1. The molecule has 1 aromatic rings. The lowest BCUT2D eigenvalue weighted by Crippen LogP contribution is -2.33. The van der Waals surface area contributed by atoms with Gasteiger partial charge in [-0.25, -0.2) is 8.78 Å². The molecule has 0 aromatic heterocycles. The molecule has 1 aliphatic carbocycles. The number of rotatable bonds is 4. The van der Waals surface area contributed by atoms with Crippen LogP contribution in [0.4, 0.5) is 8.78 Å². The van der Waals surface area contributed by atoms with Crippen molar-refractivity contribution in [2.24, 2.45) is 11.1 Å². The van der Waals surface area contributed by atoms with Crippen LogP contribution in [0, 0.1) is 17.0 Å². The SMILES string of the molecule is NCC1(COc2ccc(F)cc2F)CCCC1. The van der Waals surface area contributed by atoms with Crippen LogP contribution in [0.2, 0.25) is 0 Å². The van der Waals surface area contributed by atoms with E-state index in [0.717, 1.165) is 31.7 Å². The van der Waals surface area contributed by atoms with Crippen LogP contribution in [0.15, 0.2) is 18.2 Å². The lowest BCUT2D eigenvalue weighted by molar-refractivity contribution is 0.152. The summed E-state index contributed by atoms with van der Waals surface area (Å²) in [7, 11) is 0. The van der Waals surface area contributed by atoms with Gasteiger partial charge in [-0.05, 0) is 25.0 Å². The predicted octanol–water partition coefficient (Wildman–Crippen LogP) is 2.86. The first-order valence-electron chi connectivity index (χ1n) is 5.93. The molecule has 2 nitrogen and oxygen atoms in total. The highest BCUT2D eigenvalue weighted by molar-refractivity contribution is 5.24. The summed E-state index contributed by atoms with van der Waals surface area (Å²) in [5.74, 6) is -1.15. The van der Waals surface area contributed by atoms with E-state index in [1.165, 1.54) is 12.1 Å². The van der Waals surface area contributed by atoms with Gasteiger partial charge in [-0.3, -0.25) is 0 Å². The highest BCUT2D eigenvalue weighted by atomic mass is 19.1. The highest BCUT2D eigenvalue weighted by Gasteiger charge is 2.33. The van der Waals surface area contributed by atoms with Crippen molar-refractivity contribution >= 4 is 0 Å². The maximum atomic E-state index is 13.4. The summed E-state index contributed by atoms with van der Waals surface area (Å²) in [6.45, 7) is 0.960. The maximum Gasteiger partial charge on any atom is 0.167 e. The third-order valence-corrected chi connectivity index (χ3v) is 3.53. The molecule has 0 spiro atoms. The molecule has 0 aliphatic heterocycles. The topological polar surface area (TPSA) is 35.2 Å². The third-order valence-electron chi connectivity index (χ3n) is 3.53. The smallest absolute Gasteiger partial charge is 0.167 e. The first-order valence-corrected chi connectivity index (χ1v) is 5.93. The van der Waals surface area contributed by atoms with Crippen molar-refractivity contribution in [2.45, 2.75) is 25.7 Å². The van der Waals surface area contributed by atoms with Crippen LogP contribution in [0.25, 0.3) is 0 Å². The normalized spacial score (nSPS) is 18.3. The van der Waals surface area contributed by atoms with E-state index < -0.39 is 11.6 Å². The van der Waals surface area contributed by atoms with E-state index >= 15 is 0 Å². The van der Waals surface area contributed by atoms with Gasteiger partial charge in [0, 0.05) is 18.0 Å². The number of hydrogen-bond acceptors (Lipinski definition) is 2. The molecule has 1 saturated carbocycles. The molecule has 0 saturated heterocycles. The Labute approximate surface area is 99.8 Å². The summed E-state index contributed by atoms with van der Waals surface area (Å²) in [5, 5.41) is 0. The van der Waals surface area contributed by atoms with Gasteiger partial charge < -0.3 is 10.5 Å². The Kier molecular flexibility index (Phi) is 3.62. The average molecular weight is 241 g/mol. The second-order valence-corrected chi connectivity index (χ2v) is 4.77. The molecule has 2 N–H and O–H groups in total. The quantitative estimate of drug-likeness (QED) is 0.879. The maximum absolute atomic E-state index is 13.4. The fraction of sp³-hybridized carbons (Fsp3) is 0.538. The Bertz CT molecular complexity index is 389. The molecule has 1 aliphatic rings. The van der Waals surface area contributed by atoms with E-state index in [-0.39, 0.29) is 11.2 Å². The Morgan fingerprint density at radius 2 is 1.94 bits per heavy atom. The van der Waals surface area contributed by atoms with Crippen molar-refractivity contribution in [3.8, 4) is 5.75 Å². The molecular formula is C13H17F2NO. The number of benzene rings is 1. The molecule has 0 unspecified atom stereocenters. The fourth-order valence-electron chi connectivity index (χ4n) is 2.36. The highest BCUT2D eigenvalue weighted by Crippen LogP contribution is 2.37. The molecule has 4 heteroatoms. The Morgan fingerprint density at radius 3 is 2.53 bits per heavy atom. The van der Waals surface area contributed by atoms with Crippen molar-refractivity contribution in [1.29, 1.82) is 0 Å². The van der Waals surface area contributed by atoms with Gasteiger partial charge in [0.2, 0.25) is 0 Å². The minimum atomic E-state index is -0.657. The minimum absolute atomic E-state index is 0.0270. The van der Waals surface area contributed by atoms with Crippen molar-refractivity contribution in [2.75, 3.05) is 13.2 Å². The summed E-state index contributed by atoms with van der Waals surface area (Å²) in [6.07, 6.45) is 4.33. The Balaban J connectivity index is 2.01. The third kappa shape index (κ3) is 2.75. The molecule has 94 valence electrons. The van der Waals surface area contributed by atoms with Gasteiger partial charge in [0.05, 0.1) is 6.61 Å². The van der Waals surface area contributed by atoms with Gasteiger partial charge in [0.25, 0.3) is 0 Å². The van der Waals surface area contributed by atoms with E-state index in [0.29, 0.717) is 13.2 Å². The monoisotopic (exact) mass is 241 g/mol. The van der Waals surface area contributed by atoms with Crippen molar-refractivity contribution in [3.63, 3.8) is 0 Å². The predicted molar refractivity (Wildman–Crippen MR) is 61.8 cm³/mol. The molecule has 0 amide bonds. The van der Waals surface area contributed by atoms with E-state index in [1.54, 1.807) is 0 Å². The molecule has 17 heavy (non-hydrogen) atoms. The van der Waals surface area contributed by atoms with E-state index in [2.05, 4.69) is 0 Å². The average Bonchev–Trinajstić information content (AvgIpc) is 2.77. The lowest BCUT2D eigenvalue weighted by Gasteiger charge is -2.27. The number of hydrogen-bond donors (Lipinski definition) is 1. The van der Waals surface area contributed by atoms with Crippen LogP contribution in [0.1, 0.15) is 25.7 Å². The van der Waals surface area contributed by atoms with Crippen LogP contribution in [-0.2, 0) is 0 Å². The van der Waals surface area contributed by atoms with E-state index in [4.69, 9.17) is 10.5 Å². The van der Waals surface area contributed by atoms with E-state index in [1.807, 2.05) is 0 Å². The summed E-state index contributed by atoms with van der Waals surface area (Å²) in [5.41, 5.74) is 5.73. The second kappa shape index (κ2) is 5.00. The van der Waals surface area contributed by atoms with Crippen LogP contribution >= 0.6 is 0 Å². The zero-order valence-electron chi connectivity index (χ0n) is 9.72. The van der Waals surface area contributed by atoms with Crippen LogP contribution < -0.4 is 10.5 Å². The lowest BCUT2D eigenvalue weighted by atomic mass is 9.87. The molecular weight excluding hydrogens is 224 g/mol. The van der Waals surface area contributed by atoms with E-state index in [9.17, 15) is 8.78 Å². The standard InChI is InChI=1S/C13H17F2NO/c14-10-3-4-12(11(15)7-10)17-9-13(8-16)5-1-2-6-13/h3-4,7H,1-2,5-6,8-9,16H2. The molecule has 2 rings (SSSR count). The summed E-state index contributed by atoms with van der Waals surface area (Å²) >= 11 is 0. The Hall–Kier alpha value is -1.16. The number of ether oxygens (including phenoxy) is 1. The summed E-state index contributed by atoms with van der Waals surface area (Å²) in [4.78, 5) is 0. The first-order chi connectivity index (χ1) is 8.15. The van der Waals surface area contributed by atoms with Gasteiger partial charge in [0.15, 0.2) is 11.6 Å². The zero-order chi connectivity index (χ0) is 12.3. The van der Waals surface area contributed by atoms with Crippen molar-refractivity contribution < 1.29 is 13.5 Å². The van der Waals surface area contributed by atoms with Gasteiger partial charge in [-0.2, -0.15) is 0 Å². The Morgan fingerprint density at radius 1 is 1.24 bits per heavy atom. The largest absolute Gasteiger partial charge is 0.490 e. The summed E-state index contributed by atoms with van der Waals surface area (Å²) in [6, 6.07) is 3.35. The van der Waals surface area contributed by atoms with Crippen molar-refractivity contribution in [3.05, 3.63) is 29.8 Å². The molecule has 0 heterocycles. The van der Waals surface area contributed by atoms with Crippen LogP contribution in [0.3, 0.4) is 0 Å². The van der Waals surface area contributed by atoms with Crippen LogP contribution in [0.5, 0.6) is 5.75 Å². The molecule has 1 fully saturated rings. The van der Waals surface area contributed by atoms with Gasteiger partial charge in [-0.1, -0.05) is 12.8 Å². The molecule has 0 bridgehead atoms. The first kappa shape index (κ1) is 12.3. The van der Waals surface area contributed by atoms with Crippen LogP contribution in [-0.4, -0.2) is 13.2 Å².